The Morgan fingerprint density at radius 2 is 2.06 bits per heavy atom. The third kappa shape index (κ3) is 3.26. The van der Waals surface area contributed by atoms with E-state index in [1.54, 1.807) is 0 Å². The van der Waals surface area contributed by atoms with E-state index in [0.717, 1.165) is 38.2 Å². The average molecular weight is 252 g/mol. The molecular weight excluding hydrogens is 228 g/mol. The van der Waals surface area contributed by atoms with Gasteiger partial charge in [-0.1, -0.05) is 6.92 Å². The third-order valence-electron chi connectivity index (χ3n) is 3.80. The molecule has 0 bridgehead atoms. The van der Waals surface area contributed by atoms with Gasteiger partial charge in [-0.3, -0.25) is 4.90 Å². The molecule has 102 valence electrons. The molecule has 2 N–H and O–H groups in total. The molecule has 6 heteroatoms. The Kier molecular flexibility index (Phi) is 4.66. The summed E-state index contributed by atoms with van der Waals surface area (Å²) in [4.78, 5) is 2.36. The zero-order chi connectivity index (χ0) is 13.0. The summed E-state index contributed by atoms with van der Waals surface area (Å²) in [6.07, 6.45) is 5.70. The summed E-state index contributed by atoms with van der Waals surface area (Å²) >= 11 is 0. The van der Waals surface area contributed by atoms with Gasteiger partial charge in [0.2, 0.25) is 0 Å². The first-order chi connectivity index (χ1) is 8.70. The highest BCUT2D eigenvalue weighted by Crippen LogP contribution is 2.22. The van der Waals surface area contributed by atoms with Crippen molar-refractivity contribution in [3.05, 3.63) is 5.82 Å². The van der Waals surface area contributed by atoms with Crippen molar-refractivity contribution >= 4 is 0 Å². The lowest BCUT2D eigenvalue weighted by molar-refractivity contribution is 0.170. The lowest BCUT2D eigenvalue weighted by Crippen LogP contribution is -2.38. The second-order valence-electron chi connectivity index (χ2n) is 5.30. The van der Waals surface area contributed by atoms with Gasteiger partial charge in [0.15, 0.2) is 5.82 Å². The first-order valence-electron chi connectivity index (χ1n) is 6.91. The molecule has 1 aromatic heterocycles. The summed E-state index contributed by atoms with van der Waals surface area (Å²) in [6.45, 7) is 3.86. The molecule has 1 aliphatic rings. The average Bonchev–Trinajstić information content (AvgIpc) is 2.78. The van der Waals surface area contributed by atoms with Crippen molar-refractivity contribution in [1.82, 2.24) is 25.1 Å². The Labute approximate surface area is 109 Å². The van der Waals surface area contributed by atoms with E-state index < -0.39 is 0 Å². The van der Waals surface area contributed by atoms with Crippen LogP contribution in [0.1, 0.15) is 44.9 Å². The number of rotatable bonds is 5. The fourth-order valence-electron chi connectivity index (χ4n) is 2.62. The van der Waals surface area contributed by atoms with Gasteiger partial charge in [-0.05, 0) is 49.6 Å². The van der Waals surface area contributed by atoms with Crippen LogP contribution in [0.25, 0.3) is 0 Å². The zero-order valence-electron chi connectivity index (χ0n) is 11.4. The summed E-state index contributed by atoms with van der Waals surface area (Å²) in [5, 5.41) is 11.9. The molecule has 0 atom stereocenters. The molecule has 0 spiro atoms. The van der Waals surface area contributed by atoms with Crippen LogP contribution in [-0.2, 0) is 13.1 Å². The molecule has 0 radical (unpaired) electrons. The van der Waals surface area contributed by atoms with Crippen molar-refractivity contribution in [2.75, 3.05) is 7.05 Å². The molecule has 0 aromatic carbocycles. The van der Waals surface area contributed by atoms with E-state index in [9.17, 15) is 0 Å². The quantitative estimate of drug-likeness (QED) is 0.838. The van der Waals surface area contributed by atoms with E-state index in [-0.39, 0.29) is 0 Å². The van der Waals surface area contributed by atoms with Gasteiger partial charge < -0.3 is 5.73 Å². The minimum absolute atomic E-state index is 0.403. The summed E-state index contributed by atoms with van der Waals surface area (Å²) in [7, 11) is 2.16. The van der Waals surface area contributed by atoms with Gasteiger partial charge in [0.25, 0.3) is 0 Å². The number of nitrogens with zero attached hydrogens (tertiary/aromatic N) is 5. The summed E-state index contributed by atoms with van der Waals surface area (Å²) in [5.74, 6) is 0.967. The van der Waals surface area contributed by atoms with Crippen molar-refractivity contribution in [1.29, 1.82) is 0 Å². The number of nitrogens with two attached hydrogens (primary N) is 1. The van der Waals surface area contributed by atoms with Gasteiger partial charge >= 0.3 is 0 Å². The van der Waals surface area contributed by atoms with Crippen LogP contribution in [0, 0.1) is 0 Å². The van der Waals surface area contributed by atoms with E-state index in [2.05, 4.69) is 34.4 Å². The topological polar surface area (TPSA) is 72.9 Å². The predicted molar refractivity (Wildman–Crippen MR) is 69.8 cm³/mol. The molecule has 1 fully saturated rings. The number of hydrogen-bond donors (Lipinski definition) is 1. The Morgan fingerprint density at radius 1 is 1.33 bits per heavy atom. The van der Waals surface area contributed by atoms with Gasteiger partial charge in [0.1, 0.15) is 0 Å². The molecule has 1 saturated carbocycles. The predicted octanol–water partition coefficient (Wildman–Crippen LogP) is 0.785. The molecule has 0 amide bonds. The monoisotopic (exact) mass is 252 g/mol. The van der Waals surface area contributed by atoms with Crippen LogP contribution in [0.5, 0.6) is 0 Å². The van der Waals surface area contributed by atoms with Gasteiger partial charge in [-0.15, -0.1) is 5.10 Å². The smallest absolute Gasteiger partial charge is 0.165 e. The van der Waals surface area contributed by atoms with Crippen LogP contribution in [0.3, 0.4) is 0 Å². The standard InChI is InChI=1S/C12H24N6/c1-3-8-18-12(14-15-16-18)9-17(2)11-6-4-10(13)5-7-11/h10-11H,3-9,13H2,1-2H3. The fraction of sp³-hybridized carbons (Fsp3) is 0.917. The maximum Gasteiger partial charge on any atom is 0.165 e. The van der Waals surface area contributed by atoms with Crippen molar-refractivity contribution in [2.45, 2.75) is 64.2 Å². The molecule has 0 unspecified atom stereocenters. The van der Waals surface area contributed by atoms with E-state index in [0.29, 0.717) is 12.1 Å². The van der Waals surface area contributed by atoms with Crippen LogP contribution in [0.4, 0.5) is 0 Å². The summed E-state index contributed by atoms with van der Waals surface area (Å²) < 4.78 is 1.91. The van der Waals surface area contributed by atoms with Gasteiger partial charge in [-0.2, -0.15) is 0 Å². The number of aromatic nitrogens is 4. The molecule has 2 rings (SSSR count). The fourth-order valence-corrected chi connectivity index (χ4v) is 2.62. The van der Waals surface area contributed by atoms with Crippen molar-refractivity contribution in [2.24, 2.45) is 5.73 Å². The minimum Gasteiger partial charge on any atom is -0.328 e. The first kappa shape index (κ1) is 13.4. The Hall–Kier alpha value is -1.01. The highest BCUT2D eigenvalue weighted by Gasteiger charge is 2.23. The first-order valence-corrected chi connectivity index (χ1v) is 6.91. The van der Waals surface area contributed by atoms with Gasteiger partial charge in [-0.25, -0.2) is 4.68 Å². The molecular formula is C12H24N6. The largest absolute Gasteiger partial charge is 0.328 e. The van der Waals surface area contributed by atoms with Crippen LogP contribution in [0.15, 0.2) is 0 Å². The van der Waals surface area contributed by atoms with Crippen LogP contribution < -0.4 is 5.73 Å². The molecule has 0 aliphatic heterocycles. The van der Waals surface area contributed by atoms with Crippen LogP contribution in [-0.4, -0.2) is 44.2 Å². The van der Waals surface area contributed by atoms with E-state index in [4.69, 9.17) is 5.73 Å². The maximum absolute atomic E-state index is 5.94. The number of hydrogen-bond acceptors (Lipinski definition) is 5. The third-order valence-corrected chi connectivity index (χ3v) is 3.80. The zero-order valence-corrected chi connectivity index (χ0v) is 11.4. The SMILES string of the molecule is CCCn1nnnc1CN(C)C1CCC(N)CC1. The normalized spacial score (nSPS) is 24.7. The number of aryl methyl sites for hydroxylation is 1. The van der Waals surface area contributed by atoms with Crippen LogP contribution in [0.2, 0.25) is 0 Å². The van der Waals surface area contributed by atoms with E-state index in [1.807, 2.05) is 4.68 Å². The van der Waals surface area contributed by atoms with E-state index in [1.165, 1.54) is 12.8 Å². The highest BCUT2D eigenvalue weighted by molar-refractivity contribution is 4.85. The Balaban J connectivity index is 1.90. The molecule has 18 heavy (non-hydrogen) atoms. The summed E-state index contributed by atoms with van der Waals surface area (Å²) in [5.41, 5.74) is 5.94. The summed E-state index contributed by atoms with van der Waals surface area (Å²) in [6, 6.07) is 1.02. The number of tetrazole rings is 1. The van der Waals surface area contributed by atoms with Gasteiger partial charge in [0, 0.05) is 18.6 Å². The van der Waals surface area contributed by atoms with Crippen molar-refractivity contribution in [3.63, 3.8) is 0 Å². The molecule has 1 aliphatic carbocycles. The highest BCUT2D eigenvalue weighted by atomic mass is 15.5. The maximum atomic E-state index is 5.94. The second kappa shape index (κ2) is 6.24. The lowest BCUT2D eigenvalue weighted by Gasteiger charge is -2.33. The lowest BCUT2D eigenvalue weighted by atomic mass is 9.91. The van der Waals surface area contributed by atoms with Gasteiger partial charge in [0.05, 0.1) is 6.54 Å². The Morgan fingerprint density at radius 3 is 2.72 bits per heavy atom. The van der Waals surface area contributed by atoms with E-state index >= 15 is 0 Å². The molecule has 1 heterocycles. The molecule has 0 saturated heterocycles. The Bertz CT molecular complexity index is 355. The minimum atomic E-state index is 0.403. The molecule has 6 nitrogen and oxygen atoms in total. The second-order valence-corrected chi connectivity index (χ2v) is 5.30. The van der Waals surface area contributed by atoms with Crippen molar-refractivity contribution in [3.8, 4) is 0 Å². The molecule has 1 aromatic rings. The van der Waals surface area contributed by atoms with Crippen LogP contribution >= 0.6 is 0 Å². The van der Waals surface area contributed by atoms with Crippen molar-refractivity contribution < 1.29 is 0 Å².